The highest BCUT2D eigenvalue weighted by atomic mass is 35.5. The Morgan fingerprint density at radius 2 is 1.76 bits per heavy atom. The fraction of sp³-hybridized carbons (Fsp3) is 0.208. The molecule has 0 bridgehead atoms. The molecule has 10 heteroatoms. The first-order valence-electron chi connectivity index (χ1n) is 10.4. The zero-order valence-electron chi connectivity index (χ0n) is 18.3. The molecule has 3 aromatic carbocycles. The third kappa shape index (κ3) is 4.97. The molecule has 3 aromatic rings. The van der Waals surface area contributed by atoms with Gasteiger partial charge < -0.3 is 5.32 Å². The Bertz CT molecular complexity index is 1370. The van der Waals surface area contributed by atoms with Crippen molar-refractivity contribution < 1.29 is 22.0 Å². The average Bonchev–Trinajstić information content (AvgIpc) is 2.79. The lowest BCUT2D eigenvalue weighted by Crippen LogP contribution is -2.55. The smallest absolute Gasteiger partial charge is 0.280 e. The van der Waals surface area contributed by atoms with E-state index in [2.05, 4.69) is 10.0 Å². The number of amides is 1. The molecule has 178 valence electrons. The molecule has 1 fully saturated rings. The van der Waals surface area contributed by atoms with Crippen LogP contribution in [-0.4, -0.2) is 31.7 Å². The number of benzene rings is 3. The number of halogens is 3. The summed E-state index contributed by atoms with van der Waals surface area (Å²) in [4.78, 5) is 13.0. The second kappa shape index (κ2) is 9.42. The largest absolute Gasteiger partial charge is 0.325 e. The molecular formula is C24H22ClF2N3O3S. The van der Waals surface area contributed by atoms with Crippen molar-refractivity contribution in [1.29, 1.82) is 0 Å². The Balaban J connectivity index is 1.61. The van der Waals surface area contributed by atoms with Crippen molar-refractivity contribution in [2.75, 3.05) is 12.4 Å². The van der Waals surface area contributed by atoms with E-state index < -0.39 is 34.0 Å². The number of anilines is 1. The average molecular weight is 506 g/mol. The summed E-state index contributed by atoms with van der Waals surface area (Å²) in [5, 5.41) is 2.45. The minimum atomic E-state index is -3.96. The topological polar surface area (TPSA) is 78.5 Å². The van der Waals surface area contributed by atoms with E-state index in [1.54, 1.807) is 31.2 Å². The lowest BCUT2D eigenvalue weighted by Gasteiger charge is -2.36. The van der Waals surface area contributed by atoms with Gasteiger partial charge in [-0.3, -0.25) is 4.79 Å². The molecule has 2 atom stereocenters. The highest BCUT2D eigenvalue weighted by Crippen LogP contribution is 2.31. The van der Waals surface area contributed by atoms with Gasteiger partial charge in [-0.15, -0.1) is 0 Å². The van der Waals surface area contributed by atoms with Gasteiger partial charge in [0.1, 0.15) is 17.7 Å². The number of nitrogens with one attached hydrogen (secondary N) is 2. The predicted molar refractivity (Wildman–Crippen MR) is 128 cm³/mol. The van der Waals surface area contributed by atoms with E-state index in [0.717, 1.165) is 21.5 Å². The highest BCUT2D eigenvalue weighted by Gasteiger charge is 2.40. The molecule has 1 saturated heterocycles. The second-order valence-electron chi connectivity index (χ2n) is 8.15. The highest BCUT2D eigenvalue weighted by molar-refractivity contribution is 7.87. The maximum Gasteiger partial charge on any atom is 0.280 e. The Morgan fingerprint density at radius 1 is 1.06 bits per heavy atom. The maximum atomic E-state index is 13.7. The van der Waals surface area contributed by atoms with Crippen LogP contribution in [0, 0.1) is 18.6 Å². The number of aryl methyl sites for hydroxylation is 1. The van der Waals surface area contributed by atoms with Crippen molar-refractivity contribution in [2.24, 2.45) is 0 Å². The summed E-state index contributed by atoms with van der Waals surface area (Å²) in [5.41, 5.74) is 3.00. The normalized spacial score (nSPS) is 20.1. The molecule has 4 rings (SSSR count). The predicted octanol–water partition coefficient (Wildman–Crippen LogP) is 4.81. The first-order valence-corrected chi connectivity index (χ1v) is 12.2. The lowest BCUT2D eigenvalue weighted by molar-refractivity contribution is -0.120. The van der Waals surface area contributed by atoms with E-state index in [1.165, 1.54) is 25.2 Å². The first kappa shape index (κ1) is 24.3. The van der Waals surface area contributed by atoms with Crippen LogP contribution >= 0.6 is 11.6 Å². The molecule has 2 N–H and O–H groups in total. The van der Waals surface area contributed by atoms with E-state index >= 15 is 0 Å². The van der Waals surface area contributed by atoms with Crippen LogP contribution in [0.1, 0.15) is 23.6 Å². The Hall–Kier alpha value is -2.85. The van der Waals surface area contributed by atoms with Crippen molar-refractivity contribution in [3.05, 3.63) is 88.4 Å². The number of likely N-dealkylation sites (N-methyl/N-ethyl adjacent to an activating group) is 1. The molecule has 1 amide bonds. The number of carbonyl (C=O) groups excluding carboxylic acids is 1. The minimum absolute atomic E-state index is 0.155. The van der Waals surface area contributed by atoms with E-state index in [9.17, 15) is 22.0 Å². The van der Waals surface area contributed by atoms with E-state index in [0.29, 0.717) is 11.1 Å². The van der Waals surface area contributed by atoms with Crippen molar-refractivity contribution in [1.82, 2.24) is 9.03 Å². The SMILES string of the molecule is Cc1cc(-c2cccc(C3CC(C(=O)Nc4ccc(F)c(Cl)c4)N(C)S(=O)(=O)N3)c2)ccc1F. The van der Waals surface area contributed by atoms with Gasteiger partial charge >= 0.3 is 0 Å². The van der Waals surface area contributed by atoms with Crippen molar-refractivity contribution >= 4 is 33.4 Å². The van der Waals surface area contributed by atoms with Gasteiger partial charge in [0, 0.05) is 18.8 Å². The molecule has 0 aromatic heterocycles. The van der Waals surface area contributed by atoms with Crippen LogP contribution < -0.4 is 10.0 Å². The maximum absolute atomic E-state index is 13.7. The summed E-state index contributed by atoms with van der Waals surface area (Å²) in [6.07, 6.45) is 0.155. The molecule has 1 aliphatic heterocycles. The number of hydrogen-bond acceptors (Lipinski definition) is 3. The van der Waals surface area contributed by atoms with Gasteiger partial charge in [0.2, 0.25) is 5.91 Å². The van der Waals surface area contributed by atoms with Crippen molar-refractivity contribution in [3.63, 3.8) is 0 Å². The van der Waals surface area contributed by atoms with Gasteiger partial charge in [0.15, 0.2) is 0 Å². The van der Waals surface area contributed by atoms with Crippen LogP contribution in [0.4, 0.5) is 14.5 Å². The minimum Gasteiger partial charge on any atom is -0.325 e. The molecule has 2 unspecified atom stereocenters. The van der Waals surface area contributed by atoms with Gasteiger partial charge in [0.25, 0.3) is 10.2 Å². The summed E-state index contributed by atoms with van der Waals surface area (Å²) in [6.45, 7) is 1.67. The molecule has 0 saturated carbocycles. The summed E-state index contributed by atoms with van der Waals surface area (Å²) in [7, 11) is -2.65. The molecule has 1 heterocycles. The number of hydrogen-bond donors (Lipinski definition) is 2. The third-order valence-corrected chi connectivity index (χ3v) is 7.72. The Kier molecular flexibility index (Phi) is 6.73. The number of carbonyl (C=O) groups is 1. The van der Waals surface area contributed by atoms with Crippen molar-refractivity contribution in [2.45, 2.75) is 25.4 Å². The summed E-state index contributed by atoms with van der Waals surface area (Å²) >= 11 is 5.78. The Labute approximate surface area is 201 Å². The molecule has 0 radical (unpaired) electrons. The van der Waals surface area contributed by atoms with Crippen LogP contribution in [-0.2, 0) is 15.0 Å². The van der Waals surface area contributed by atoms with Gasteiger partial charge in [-0.05, 0) is 72.0 Å². The van der Waals surface area contributed by atoms with E-state index in [-0.39, 0.29) is 22.9 Å². The zero-order valence-corrected chi connectivity index (χ0v) is 19.9. The van der Waals surface area contributed by atoms with Crippen LogP contribution in [0.15, 0.2) is 60.7 Å². The van der Waals surface area contributed by atoms with Gasteiger partial charge in [-0.25, -0.2) is 8.78 Å². The molecule has 0 aliphatic carbocycles. The summed E-state index contributed by atoms with van der Waals surface area (Å²) < 4.78 is 56.3. The van der Waals surface area contributed by atoms with Gasteiger partial charge in [-0.1, -0.05) is 35.9 Å². The fourth-order valence-corrected chi connectivity index (χ4v) is 5.34. The second-order valence-corrected chi connectivity index (χ2v) is 10.3. The van der Waals surface area contributed by atoms with Crippen LogP contribution in [0.2, 0.25) is 5.02 Å². The monoisotopic (exact) mass is 505 g/mol. The van der Waals surface area contributed by atoms with Crippen molar-refractivity contribution in [3.8, 4) is 11.1 Å². The zero-order chi connectivity index (χ0) is 24.6. The first-order chi connectivity index (χ1) is 16.0. The molecule has 1 aliphatic rings. The standard InChI is InChI=1S/C24H22ClF2N3O3S/c1-14-10-16(6-8-20(14)26)15-4-3-5-17(11-15)22-13-23(30(2)34(32,33)29-22)24(31)28-18-7-9-21(27)19(25)12-18/h3-12,22-23,29H,13H2,1-2H3,(H,28,31). The molecular weight excluding hydrogens is 484 g/mol. The van der Waals surface area contributed by atoms with Gasteiger partial charge in [-0.2, -0.15) is 17.4 Å². The van der Waals surface area contributed by atoms with Crippen LogP contribution in [0.5, 0.6) is 0 Å². The molecule has 34 heavy (non-hydrogen) atoms. The lowest BCUT2D eigenvalue weighted by atomic mass is 9.95. The van der Waals surface area contributed by atoms with E-state index in [4.69, 9.17) is 11.6 Å². The molecule has 0 spiro atoms. The van der Waals surface area contributed by atoms with Crippen LogP contribution in [0.25, 0.3) is 11.1 Å². The fourth-order valence-electron chi connectivity index (χ4n) is 3.89. The number of rotatable bonds is 4. The number of nitrogens with zero attached hydrogens (tertiary/aromatic N) is 1. The third-order valence-electron chi connectivity index (χ3n) is 5.84. The van der Waals surface area contributed by atoms with Crippen LogP contribution in [0.3, 0.4) is 0 Å². The van der Waals surface area contributed by atoms with Gasteiger partial charge in [0.05, 0.1) is 5.02 Å². The quantitative estimate of drug-likeness (QED) is 0.534. The molecule has 6 nitrogen and oxygen atoms in total. The van der Waals surface area contributed by atoms with E-state index in [1.807, 2.05) is 12.1 Å². The Morgan fingerprint density at radius 3 is 2.47 bits per heavy atom. The summed E-state index contributed by atoms with van der Waals surface area (Å²) in [5.74, 6) is -1.50. The summed E-state index contributed by atoms with van der Waals surface area (Å²) in [6, 6.07) is 14.0.